The van der Waals surface area contributed by atoms with E-state index in [2.05, 4.69) is 15.4 Å². The maximum Gasteiger partial charge on any atom is 0.424 e. The molecule has 0 spiro atoms. The standard InChI is InChI=1S/C36H37FN6O8S.ClH/c1-21(2)32(38)34(45)50-20-51-36(46)43(29-16-15-28(52(5,47)48)18-30(29)49-4)35-40-31-17-10-25(19-42(31)41-35)24-8-13-27(14-9-24)39-33(44)22(3)23-6-11-26(37)12-7-23;/h6-19,21-22,32H,20,38H2,1-5H3,(H,39,44);1H/t22-,32+;/m1./s1. The molecule has 2 aromatic heterocycles. The zero-order valence-corrected chi connectivity index (χ0v) is 31.0. The summed E-state index contributed by atoms with van der Waals surface area (Å²) in [5, 5.41) is 7.37. The molecule has 0 aliphatic rings. The molecule has 2 atom stereocenters. The van der Waals surface area contributed by atoms with Crippen LogP contribution in [0.15, 0.2) is 90.0 Å². The van der Waals surface area contributed by atoms with Gasteiger partial charge in [-0.25, -0.2) is 27.0 Å². The fourth-order valence-corrected chi connectivity index (χ4v) is 5.60. The number of nitrogens with one attached hydrogen (secondary N) is 1. The first-order valence-corrected chi connectivity index (χ1v) is 17.9. The lowest BCUT2D eigenvalue weighted by molar-refractivity contribution is -0.154. The summed E-state index contributed by atoms with van der Waals surface area (Å²) in [4.78, 5) is 44.0. The highest BCUT2D eigenvalue weighted by Crippen LogP contribution is 2.35. The lowest BCUT2D eigenvalue weighted by Crippen LogP contribution is -2.38. The Morgan fingerprint density at radius 1 is 0.943 bits per heavy atom. The van der Waals surface area contributed by atoms with Gasteiger partial charge < -0.3 is 25.3 Å². The van der Waals surface area contributed by atoms with Crippen LogP contribution in [0, 0.1) is 11.7 Å². The molecule has 2 amide bonds. The van der Waals surface area contributed by atoms with E-state index in [9.17, 15) is 27.2 Å². The summed E-state index contributed by atoms with van der Waals surface area (Å²) in [5.74, 6) is -2.28. The Balaban J connectivity index is 0.00000627. The van der Waals surface area contributed by atoms with Crippen molar-refractivity contribution in [3.8, 4) is 16.9 Å². The third-order valence-corrected chi connectivity index (χ3v) is 9.26. The molecule has 3 aromatic carbocycles. The van der Waals surface area contributed by atoms with Crippen LogP contribution in [0.2, 0.25) is 0 Å². The van der Waals surface area contributed by atoms with Crippen LogP contribution >= 0.6 is 12.4 Å². The number of hydrogen-bond acceptors (Lipinski definition) is 11. The van der Waals surface area contributed by atoms with E-state index in [0.29, 0.717) is 16.9 Å². The zero-order valence-electron chi connectivity index (χ0n) is 29.3. The van der Waals surface area contributed by atoms with Gasteiger partial charge in [0.05, 0.1) is 23.6 Å². The number of fused-ring (bicyclic) bond motifs is 1. The number of halogens is 2. The predicted octanol–water partition coefficient (Wildman–Crippen LogP) is 5.87. The van der Waals surface area contributed by atoms with Crippen LogP contribution in [-0.2, 0) is 28.9 Å². The highest BCUT2D eigenvalue weighted by atomic mass is 35.5. The number of carbonyl (C=O) groups excluding carboxylic acids is 3. The molecule has 0 unspecified atom stereocenters. The Kier molecular flexibility index (Phi) is 12.8. The highest BCUT2D eigenvalue weighted by Gasteiger charge is 2.29. The maximum absolute atomic E-state index is 13.6. The summed E-state index contributed by atoms with van der Waals surface area (Å²) in [7, 11) is -2.33. The number of nitrogens with zero attached hydrogens (tertiary/aromatic N) is 4. The van der Waals surface area contributed by atoms with Gasteiger partial charge in [0.1, 0.15) is 17.6 Å². The quantitative estimate of drug-likeness (QED) is 0.114. The minimum Gasteiger partial charge on any atom is -0.495 e. The molecule has 17 heteroatoms. The first-order chi connectivity index (χ1) is 24.7. The molecule has 0 fully saturated rings. The van der Waals surface area contributed by atoms with Crippen molar-refractivity contribution in [3.05, 3.63) is 96.4 Å². The number of methoxy groups -OCH3 is 1. The van der Waals surface area contributed by atoms with Gasteiger partial charge >= 0.3 is 12.1 Å². The number of nitrogens with two attached hydrogens (primary N) is 1. The number of anilines is 3. The van der Waals surface area contributed by atoms with E-state index in [1.807, 2.05) is 12.1 Å². The lowest BCUT2D eigenvalue weighted by Gasteiger charge is -2.21. The highest BCUT2D eigenvalue weighted by molar-refractivity contribution is 7.90. The number of ether oxygens (including phenoxy) is 3. The summed E-state index contributed by atoms with van der Waals surface area (Å²) < 4.78 is 55.0. The number of sulfone groups is 1. The van der Waals surface area contributed by atoms with Gasteiger partial charge in [-0.3, -0.25) is 9.59 Å². The second kappa shape index (κ2) is 16.8. The van der Waals surface area contributed by atoms with Crippen molar-refractivity contribution in [1.82, 2.24) is 14.6 Å². The second-order valence-corrected chi connectivity index (χ2v) is 14.2. The third kappa shape index (κ3) is 9.46. The van der Waals surface area contributed by atoms with E-state index in [1.165, 1.54) is 42.0 Å². The van der Waals surface area contributed by atoms with E-state index < -0.39 is 40.7 Å². The molecule has 53 heavy (non-hydrogen) atoms. The molecule has 0 radical (unpaired) electrons. The van der Waals surface area contributed by atoms with Gasteiger partial charge in [0.15, 0.2) is 15.5 Å². The van der Waals surface area contributed by atoms with E-state index >= 15 is 0 Å². The average molecular weight is 769 g/mol. The van der Waals surface area contributed by atoms with E-state index in [-0.39, 0.29) is 52.3 Å². The van der Waals surface area contributed by atoms with Gasteiger partial charge in [-0.1, -0.05) is 38.1 Å². The summed E-state index contributed by atoms with van der Waals surface area (Å²) in [6.45, 7) is 4.44. The molecule has 0 bridgehead atoms. The minimum absolute atomic E-state index is 0. The van der Waals surface area contributed by atoms with Crippen LogP contribution in [0.5, 0.6) is 5.75 Å². The van der Waals surface area contributed by atoms with E-state index in [4.69, 9.17) is 19.9 Å². The van der Waals surface area contributed by atoms with E-state index in [0.717, 1.165) is 22.3 Å². The fraction of sp³-hybridized carbons (Fsp3) is 0.250. The van der Waals surface area contributed by atoms with Gasteiger partial charge in [-0.15, -0.1) is 17.5 Å². The molecule has 2 heterocycles. The van der Waals surface area contributed by atoms with Crippen LogP contribution in [0.4, 0.5) is 26.5 Å². The van der Waals surface area contributed by atoms with Crippen molar-refractivity contribution in [2.45, 2.75) is 37.6 Å². The fourth-order valence-electron chi connectivity index (χ4n) is 4.97. The molecule has 5 rings (SSSR count). The maximum atomic E-state index is 13.6. The van der Waals surface area contributed by atoms with Crippen LogP contribution in [-0.4, -0.2) is 67.2 Å². The van der Waals surface area contributed by atoms with E-state index in [1.54, 1.807) is 63.4 Å². The zero-order chi connectivity index (χ0) is 37.7. The van der Waals surface area contributed by atoms with Crippen molar-refractivity contribution in [1.29, 1.82) is 0 Å². The van der Waals surface area contributed by atoms with Crippen molar-refractivity contribution < 1.29 is 41.4 Å². The van der Waals surface area contributed by atoms with Crippen molar-refractivity contribution in [2.24, 2.45) is 11.7 Å². The summed E-state index contributed by atoms with van der Waals surface area (Å²) in [5.41, 5.74) is 8.96. The van der Waals surface area contributed by atoms with Gasteiger partial charge in [-0.05, 0) is 72.5 Å². The number of esters is 1. The van der Waals surface area contributed by atoms with Crippen molar-refractivity contribution >= 4 is 63.2 Å². The number of carbonyl (C=O) groups is 3. The van der Waals surface area contributed by atoms with Gasteiger partial charge in [0.2, 0.25) is 12.7 Å². The molecule has 3 N–H and O–H groups in total. The molecular weight excluding hydrogens is 731 g/mol. The number of rotatable bonds is 12. The van der Waals surface area contributed by atoms with Gasteiger partial charge in [0, 0.05) is 29.8 Å². The second-order valence-electron chi connectivity index (χ2n) is 12.2. The Bertz CT molecular complexity index is 2220. The van der Waals surface area contributed by atoms with Crippen molar-refractivity contribution in [2.75, 3.05) is 30.4 Å². The van der Waals surface area contributed by atoms with Gasteiger partial charge in [-0.2, -0.15) is 4.98 Å². The first-order valence-electron chi connectivity index (χ1n) is 16.0. The lowest BCUT2D eigenvalue weighted by atomic mass is 10.00. The summed E-state index contributed by atoms with van der Waals surface area (Å²) in [6.07, 6.45) is 1.66. The molecule has 0 saturated carbocycles. The molecule has 0 aliphatic carbocycles. The summed E-state index contributed by atoms with van der Waals surface area (Å²) in [6, 6.07) is 19.3. The Morgan fingerprint density at radius 3 is 2.23 bits per heavy atom. The SMILES string of the molecule is COc1cc(S(C)(=O)=O)ccc1N(C(=O)OCOC(=O)[C@@H](N)C(C)C)c1nc2ccc(-c3ccc(NC(=O)[C@H](C)c4ccc(F)cc4)cc3)cn2n1.Cl. The molecule has 14 nitrogen and oxygen atoms in total. The van der Waals surface area contributed by atoms with Crippen molar-refractivity contribution in [3.63, 3.8) is 0 Å². The predicted molar refractivity (Wildman–Crippen MR) is 198 cm³/mol. The number of aromatic nitrogens is 3. The first kappa shape index (κ1) is 40.2. The van der Waals surface area contributed by atoms with Crippen LogP contribution < -0.4 is 20.7 Å². The Hall–Kier alpha value is -5.58. The minimum atomic E-state index is -3.63. The molecule has 5 aromatic rings. The summed E-state index contributed by atoms with van der Waals surface area (Å²) >= 11 is 0. The number of pyridine rings is 1. The number of hydrogen-bond donors (Lipinski definition) is 2. The van der Waals surface area contributed by atoms with Gasteiger partial charge in [0.25, 0.3) is 5.95 Å². The molecule has 280 valence electrons. The monoisotopic (exact) mass is 768 g/mol. The van der Waals surface area contributed by atoms with Crippen LogP contribution in [0.1, 0.15) is 32.3 Å². The Labute approximate surface area is 311 Å². The third-order valence-electron chi connectivity index (χ3n) is 8.15. The topological polar surface area (TPSA) is 185 Å². The Morgan fingerprint density at radius 2 is 1.60 bits per heavy atom. The average Bonchev–Trinajstić information content (AvgIpc) is 3.54. The normalized spacial score (nSPS) is 12.4. The molecule has 0 aliphatic heterocycles. The largest absolute Gasteiger partial charge is 0.495 e. The smallest absolute Gasteiger partial charge is 0.424 e. The van der Waals surface area contributed by atoms with Crippen LogP contribution in [0.3, 0.4) is 0 Å². The number of amides is 2. The molecular formula is C36H38ClFN6O8S. The number of benzene rings is 3. The van der Waals surface area contributed by atoms with Crippen LogP contribution in [0.25, 0.3) is 16.8 Å². The molecule has 0 saturated heterocycles.